The first-order valence-electron chi connectivity index (χ1n) is 4.90. The molecule has 1 aromatic rings. The predicted molar refractivity (Wildman–Crippen MR) is 50.6 cm³/mol. The molecule has 1 heteroatoms. The van der Waals surface area contributed by atoms with Crippen LogP contribution in [0, 0.1) is 5.41 Å². The average molecular weight is 172 g/mol. The van der Waals surface area contributed by atoms with E-state index in [-0.39, 0.29) is 5.41 Å². The van der Waals surface area contributed by atoms with Crippen molar-refractivity contribution in [3.63, 3.8) is 0 Å². The zero-order valence-electron chi connectivity index (χ0n) is 7.49. The highest BCUT2D eigenvalue weighted by Gasteiger charge is 2.52. The Kier molecular flexibility index (Phi) is 1.25. The number of carbonyl (C=O) groups excluding carboxylic acids is 1. The summed E-state index contributed by atoms with van der Waals surface area (Å²) in [6.45, 7) is 0. The third kappa shape index (κ3) is 0.749. The first-order chi connectivity index (χ1) is 6.36. The van der Waals surface area contributed by atoms with Gasteiger partial charge in [-0.25, -0.2) is 0 Å². The number of fused-ring (bicyclic) bond motifs is 3. The van der Waals surface area contributed by atoms with Crippen molar-refractivity contribution in [3.05, 3.63) is 35.4 Å². The Morgan fingerprint density at radius 3 is 2.92 bits per heavy atom. The Morgan fingerprint density at radius 2 is 2.23 bits per heavy atom. The molecule has 0 aromatic heterocycles. The van der Waals surface area contributed by atoms with Crippen LogP contribution in [0.15, 0.2) is 24.3 Å². The number of carbonyl (C=O) groups is 1. The molecule has 2 atom stereocenters. The quantitative estimate of drug-likeness (QED) is 0.594. The number of rotatable bonds is 1. The number of benzene rings is 1. The Hall–Kier alpha value is -1.11. The van der Waals surface area contributed by atoms with Crippen LogP contribution in [0.3, 0.4) is 0 Å². The lowest BCUT2D eigenvalue weighted by Crippen LogP contribution is -2.36. The SMILES string of the molecule is O=CC12CCC1c1ccccc1C2. The van der Waals surface area contributed by atoms with Crippen molar-refractivity contribution in [2.45, 2.75) is 25.2 Å². The highest BCUT2D eigenvalue weighted by molar-refractivity contribution is 5.68. The maximum atomic E-state index is 11.1. The van der Waals surface area contributed by atoms with Gasteiger partial charge in [0.1, 0.15) is 6.29 Å². The van der Waals surface area contributed by atoms with E-state index in [1.807, 2.05) is 0 Å². The van der Waals surface area contributed by atoms with Gasteiger partial charge in [0.15, 0.2) is 0 Å². The van der Waals surface area contributed by atoms with Crippen molar-refractivity contribution >= 4 is 6.29 Å². The summed E-state index contributed by atoms with van der Waals surface area (Å²) in [5.74, 6) is 0.543. The van der Waals surface area contributed by atoms with Crippen molar-refractivity contribution in [3.8, 4) is 0 Å². The summed E-state index contributed by atoms with van der Waals surface area (Å²) in [5, 5.41) is 0. The van der Waals surface area contributed by atoms with Gasteiger partial charge in [-0.2, -0.15) is 0 Å². The monoisotopic (exact) mass is 172 g/mol. The molecule has 0 bridgehead atoms. The Labute approximate surface area is 77.8 Å². The number of hydrogen-bond acceptors (Lipinski definition) is 1. The van der Waals surface area contributed by atoms with Crippen LogP contribution < -0.4 is 0 Å². The van der Waals surface area contributed by atoms with Gasteiger partial charge in [-0.05, 0) is 36.3 Å². The fraction of sp³-hybridized carbons (Fsp3) is 0.417. The van der Waals surface area contributed by atoms with E-state index in [2.05, 4.69) is 24.3 Å². The maximum absolute atomic E-state index is 11.1. The molecule has 1 nitrogen and oxygen atoms in total. The second-order valence-electron chi connectivity index (χ2n) is 4.32. The first kappa shape index (κ1) is 7.31. The summed E-state index contributed by atoms with van der Waals surface area (Å²) in [4.78, 5) is 11.1. The zero-order valence-corrected chi connectivity index (χ0v) is 7.49. The second kappa shape index (κ2) is 2.22. The van der Waals surface area contributed by atoms with Crippen molar-refractivity contribution < 1.29 is 4.79 Å². The minimum absolute atomic E-state index is 0.00366. The lowest BCUT2D eigenvalue weighted by Gasteiger charge is -2.40. The van der Waals surface area contributed by atoms with Gasteiger partial charge in [0, 0.05) is 5.41 Å². The van der Waals surface area contributed by atoms with Crippen LogP contribution in [0.5, 0.6) is 0 Å². The topological polar surface area (TPSA) is 17.1 Å². The molecular formula is C12H12O. The summed E-state index contributed by atoms with van der Waals surface area (Å²) in [6.07, 6.45) is 4.48. The van der Waals surface area contributed by atoms with Gasteiger partial charge in [0.05, 0.1) is 0 Å². The van der Waals surface area contributed by atoms with Gasteiger partial charge in [-0.1, -0.05) is 24.3 Å². The Morgan fingerprint density at radius 1 is 1.38 bits per heavy atom. The van der Waals surface area contributed by atoms with E-state index < -0.39 is 0 Å². The van der Waals surface area contributed by atoms with Crippen molar-refractivity contribution in [1.82, 2.24) is 0 Å². The smallest absolute Gasteiger partial charge is 0.127 e. The van der Waals surface area contributed by atoms with Crippen LogP contribution in [0.1, 0.15) is 29.9 Å². The molecular weight excluding hydrogens is 160 g/mol. The third-order valence-corrected chi connectivity index (χ3v) is 3.78. The summed E-state index contributed by atoms with van der Waals surface area (Å²) in [6, 6.07) is 8.50. The van der Waals surface area contributed by atoms with Crippen molar-refractivity contribution in [2.24, 2.45) is 5.41 Å². The van der Waals surface area contributed by atoms with Gasteiger partial charge in [-0.3, -0.25) is 0 Å². The van der Waals surface area contributed by atoms with E-state index in [0.29, 0.717) is 5.92 Å². The molecule has 66 valence electrons. The predicted octanol–water partition coefficient (Wildman–Crippen LogP) is 2.31. The molecule has 0 radical (unpaired) electrons. The molecule has 3 rings (SSSR count). The normalized spacial score (nSPS) is 34.6. The van der Waals surface area contributed by atoms with Crippen LogP contribution in [0.4, 0.5) is 0 Å². The van der Waals surface area contributed by atoms with Crippen LogP contribution in [0.25, 0.3) is 0 Å². The molecule has 1 aromatic carbocycles. The van der Waals surface area contributed by atoms with E-state index in [4.69, 9.17) is 0 Å². The van der Waals surface area contributed by atoms with Crippen molar-refractivity contribution in [2.75, 3.05) is 0 Å². The van der Waals surface area contributed by atoms with Crippen molar-refractivity contribution in [1.29, 1.82) is 0 Å². The van der Waals surface area contributed by atoms with Gasteiger partial charge in [0.25, 0.3) is 0 Å². The highest BCUT2D eigenvalue weighted by atomic mass is 16.1. The van der Waals surface area contributed by atoms with E-state index >= 15 is 0 Å². The molecule has 0 heterocycles. The fourth-order valence-electron chi connectivity index (χ4n) is 2.91. The van der Waals surface area contributed by atoms with Crippen LogP contribution >= 0.6 is 0 Å². The molecule has 2 unspecified atom stereocenters. The molecule has 2 aliphatic rings. The lowest BCUT2D eigenvalue weighted by atomic mass is 9.62. The molecule has 2 aliphatic carbocycles. The third-order valence-electron chi connectivity index (χ3n) is 3.78. The molecule has 0 N–H and O–H groups in total. The highest BCUT2D eigenvalue weighted by Crippen LogP contribution is 2.59. The van der Waals surface area contributed by atoms with Crippen LogP contribution in [-0.4, -0.2) is 6.29 Å². The van der Waals surface area contributed by atoms with Crippen LogP contribution in [-0.2, 0) is 11.2 Å². The van der Waals surface area contributed by atoms with Gasteiger partial charge >= 0.3 is 0 Å². The van der Waals surface area contributed by atoms with Gasteiger partial charge < -0.3 is 4.79 Å². The first-order valence-corrected chi connectivity index (χ1v) is 4.90. The summed E-state index contributed by atoms with van der Waals surface area (Å²) < 4.78 is 0. The van der Waals surface area contributed by atoms with E-state index in [9.17, 15) is 4.79 Å². The molecule has 13 heavy (non-hydrogen) atoms. The average Bonchev–Trinajstić information content (AvgIpc) is 2.35. The largest absolute Gasteiger partial charge is 0.303 e. The summed E-state index contributed by atoms with van der Waals surface area (Å²) in [7, 11) is 0. The molecule has 0 spiro atoms. The molecule has 0 aliphatic heterocycles. The summed E-state index contributed by atoms with van der Waals surface area (Å²) in [5.41, 5.74) is 2.84. The summed E-state index contributed by atoms with van der Waals surface area (Å²) >= 11 is 0. The van der Waals surface area contributed by atoms with Gasteiger partial charge in [-0.15, -0.1) is 0 Å². The lowest BCUT2D eigenvalue weighted by molar-refractivity contribution is -0.121. The number of hydrogen-bond donors (Lipinski definition) is 0. The second-order valence-corrected chi connectivity index (χ2v) is 4.32. The molecule has 1 fully saturated rings. The Balaban J connectivity index is 2.12. The molecule has 1 saturated carbocycles. The zero-order chi connectivity index (χ0) is 8.89. The van der Waals surface area contributed by atoms with E-state index in [0.717, 1.165) is 12.8 Å². The molecule has 0 saturated heterocycles. The van der Waals surface area contributed by atoms with E-state index in [1.54, 1.807) is 0 Å². The maximum Gasteiger partial charge on any atom is 0.127 e. The number of aldehydes is 1. The molecule has 0 amide bonds. The minimum Gasteiger partial charge on any atom is -0.303 e. The minimum atomic E-state index is 0.00366. The van der Waals surface area contributed by atoms with Crippen LogP contribution in [0.2, 0.25) is 0 Å². The fourth-order valence-corrected chi connectivity index (χ4v) is 2.91. The van der Waals surface area contributed by atoms with E-state index in [1.165, 1.54) is 23.8 Å². The standard InChI is InChI=1S/C12H12O/c13-8-12-6-5-11(12)10-4-2-1-3-9(10)7-12/h1-4,8,11H,5-7H2. The Bertz CT molecular complexity index is 369. The van der Waals surface area contributed by atoms with Gasteiger partial charge in [0.2, 0.25) is 0 Å².